The molecule has 4 nitrogen and oxygen atoms in total. The van der Waals surface area contributed by atoms with Crippen molar-refractivity contribution in [3.05, 3.63) is 29.8 Å². The SMILES string of the molecule is CCN1CCC(C)(NC(=O)c2ncccc2F)C1. The van der Waals surface area contributed by atoms with E-state index in [-0.39, 0.29) is 11.2 Å². The van der Waals surface area contributed by atoms with Gasteiger partial charge in [0.05, 0.1) is 5.54 Å². The number of rotatable bonds is 3. The molecule has 1 aromatic heterocycles. The van der Waals surface area contributed by atoms with Gasteiger partial charge in [-0.2, -0.15) is 0 Å². The Morgan fingerprint density at radius 2 is 2.44 bits per heavy atom. The lowest BCUT2D eigenvalue weighted by Crippen LogP contribution is -2.48. The van der Waals surface area contributed by atoms with Crippen LogP contribution in [0.1, 0.15) is 30.8 Å². The number of aromatic nitrogens is 1. The van der Waals surface area contributed by atoms with Crippen LogP contribution in [0.2, 0.25) is 0 Å². The van der Waals surface area contributed by atoms with Gasteiger partial charge in [-0.05, 0) is 32.0 Å². The lowest BCUT2D eigenvalue weighted by atomic mass is 10.0. The topological polar surface area (TPSA) is 45.2 Å². The van der Waals surface area contributed by atoms with E-state index in [0.29, 0.717) is 0 Å². The Morgan fingerprint density at radius 3 is 3.06 bits per heavy atom. The molecule has 1 N–H and O–H groups in total. The van der Waals surface area contributed by atoms with Crippen LogP contribution in [-0.4, -0.2) is 41.0 Å². The summed E-state index contributed by atoms with van der Waals surface area (Å²) >= 11 is 0. The first kappa shape index (κ1) is 13.0. The second-order valence-corrected chi connectivity index (χ2v) is 4.97. The highest BCUT2D eigenvalue weighted by molar-refractivity contribution is 5.93. The maximum Gasteiger partial charge on any atom is 0.273 e. The second kappa shape index (κ2) is 5.02. The summed E-state index contributed by atoms with van der Waals surface area (Å²) in [6.45, 7) is 6.79. The predicted molar refractivity (Wildman–Crippen MR) is 66.8 cm³/mol. The molecular weight excluding hydrogens is 233 g/mol. The average molecular weight is 251 g/mol. The zero-order chi connectivity index (χ0) is 13.2. The van der Waals surface area contributed by atoms with Crippen molar-refractivity contribution in [3.63, 3.8) is 0 Å². The highest BCUT2D eigenvalue weighted by Gasteiger charge is 2.35. The summed E-state index contributed by atoms with van der Waals surface area (Å²) in [6, 6.07) is 2.72. The van der Waals surface area contributed by atoms with Crippen molar-refractivity contribution in [3.8, 4) is 0 Å². The smallest absolute Gasteiger partial charge is 0.273 e. The third-order valence-electron chi connectivity index (χ3n) is 3.39. The summed E-state index contributed by atoms with van der Waals surface area (Å²) < 4.78 is 13.4. The number of carbonyl (C=O) groups excluding carboxylic acids is 1. The largest absolute Gasteiger partial charge is 0.344 e. The fourth-order valence-electron chi connectivity index (χ4n) is 2.31. The Hall–Kier alpha value is -1.49. The quantitative estimate of drug-likeness (QED) is 0.884. The lowest BCUT2D eigenvalue weighted by molar-refractivity contribution is 0.0898. The Kier molecular flexibility index (Phi) is 3.61. The van der Waals surface area contributed by atoms with Crippen molar-refractivity contribution in [2.75, 3.05) is 19.6 Å². The number of pyridine rings is 1. The molecule has 0 bridgehead atoms. The predicted octanol–water partition coefficient (Wildman–Crippen LogP) is 1.43. The molecule has 2 rings (SSSR count). The summed E-state index contributed by atoms with van der Waals surface area (Å²) in [5.74, 6) is -1.02. The number of likely N-dealkylation sites (tertiary alicyclic amines) is 1. The van der Waals surface area contributed by atoms with Gasteiger partial charge >= 0.3 is 0 Å². The Bertz CT molecular complexity index is 452. The van der Waals surface area contributed by atoms with Crippen molar-refractivity contribution in [1.82, 2.24) is 15.2 Å². The fraction of sp³-hybridized carbons (Fsp3) is 0.538. The Balaban J connectivity index is 2.06. The molecule has 1 atom stereocenters. The van der Waals surface area contributed by atoms with Gasteiger partial charge in [0.15, 0.2) is 11.5 Å². The van der Waals surface area contributed by atoms with Gasteiger partial charge in [-0.25, -0.2) is 9.37 Å². The number of likely N-dealkylation sites (N-methyl/N-ethyl adjacent to an activating group) is 1. The zero-order valence-corrected chi connectivity index (χ0v) is 10.7. The van der Waals surface area contributed by atoms with Crippen LogP contribution >= 0.6 is 0 Å². The van der Waals surface area contributed by atoms with Crippen LogP contribution in [0.5, 0.6) is 0 Å². The molecule has 98 valence electrons. The lowest BCUT2D eigenvalue weighted by Gasteiger charge is -2.25. The van der Waals surface area contributed by atoms with Crippen LogP contribution in [0.25, 0.3) is 0 Å². The number of amides is 1. The molecule has 1 aliphatic heterocycles. The molecule has 18 heavy (non-hydrogen) atoms. The summed E-state index contributed by atoms with van der Waals surface area (Å²) in [7, 11) is 0. The molecule has 0 saturated carbocycles. The average Bonchev–Trinajstić information content (AvgIpc) is 2.71. The molecule has 1 unspecified atom stereocenters. The number of nitrogens with zero attached hydrogens (tertiary/aromatic N) is 2. The van der Waals surface area contributed by atoms with Gasteiger partial charge in [-0.1, -0.05) is 6.92 Å². The molecule has 0 aromatic carbocycles. The molecule has 2 heterocycles. The van der Waals surface area contributed by atoms with Gasteiger partial charge in [0.25, 0.3) is 5.91 Å². The minimum atomic E-state index is -0.580. The molecule has 1 saturated heterocycles. The Morgan fingerprint density at radius 1 is 1.67 bits per heavy atom. The maximum atomic E-state index is 13.4. The van der Waals surface area contributed by atoms with Crippen molar-refractivity contribution < 1.29 is 9.18 Å². The van der Waals surface area contributed by atoms with Crippen molar-refractivity contribution in [2.24, 2.45) is 0 Å². The third kappa shape index (κ3) is 2.67. The highest BCUT2D eigenvalue weighted by atomic mass is 19.1. The van der Waals surface area contributed by atoms with Crippen molar-refractivity contribution >= 4 is 5.91 Å². The van der Waals surface area contributed by atoms with Crippen molar-refractivity contribution in [2.45, 2.75) is 25.8 Å². The summed E-state index contributed by atoms with van der Waals surface area (Å²) in [6.07, 6.45) is 2.30. The highest BCUT2D eigenvalue weighted by Crippen LogP contribution is 2.21. The van der Waals surface area contributed by atoms with Crippen LogP contribution < -0.4 is 5.32 Å². The molecule has 1 amide bonds. The summed E-state index contributed by atoms with van der Waals surface area (Å²) in [4.78, 5) is 18.0. The van der Waals surface area contributed by atoms with Crippen LogP contribution in [0.4, 0.5) is 4.39 Å². The number of halogens is 1. The zero-order valence-electron chi connectivity index (χ0n) is 10.7. The minimum Gasteiger partial charge on any atom is -0.344 e. The monoisotopic (exact) mass is 251 g/mol. The number of hydrogen-bond donors (Lipinski definition) is 1. The Labute approximate surface area is 106 Å². The van der Waals surface area contributed by atoms with E-state index < -0.39 is 11.7 Å². The van der Waals surface area contributed by atoms with Gasteiger partial charge in [0.1, 0.15) is 0 Å². The normalized spacial score (nSPS) is 24.2. The van der Waals surface area contributed by atoms with E-state index >= 15 is 0 Å². The molecular formula is C13H18FN3O. The summed E-state index contributed by atoms with van der Waals surface area (Å²) in [5, 5.41) is 2.89. The van der Waals surface area contributed by atoms with Crippen LogP contribution in [-0.2, 0) is 0 Å². The first-order chi connectivity index (χ1) is 8.54. The number of carbonyl (C=O) groups is 1. The standard InChI is InChI=1S/C13H18FN3O/c1-3-17-8-6-13(2,9-17)16-12(18)11-10(14)5-4-7-15-11/h4-5,7H,3,6,8-9H2,1-2H3,(H,16,18). The molecule has 1 fully saturated rings. The van der Waals surface area contributed by atoms with E-state index in [1.165, 1.54) is 18.3 Å². The number of hydrogen-bond acceptors (Lipinski definition) is 3. The van der Waals surface area contributed by atoms with E-state index in [1.54, 1.807) is 0 Å². The van der Waals surface area contributed by atoms with E-state index in [9.17, 15) is 9.18 Å². The second-order valence-electron chi connectivity index (χ2n) is 4.97. The van der Waals surface area contributed by atoms with Crippen LogP contribution in [0, 0.1) is 5.82 Å². The van der Waals surface area contributed by atoms with E-state index in [2.05, 4.69) is 22.1 Å². The molecule has 5 heteroatoms. The summed E-state index contributed by atoms with van der Waals surface area (Å²) in [5.41, 5.74) is -0.425. The van der Waals surface area contributed by atoms with Gasteiger partial charge in [0.2, 0.25) is 0 Å². The van der Waals surface area contributed by atoms with E-state index in [1.807, 2.05) is 6.92 Å². The van der Waals surface area contributed by atoms with Crippen LogP contribution in [0.3, 0.4) is 0 Å². The molecule has 0 aliphatic carbocycles. The first-order valence-electron chi connectivity index (χ1n) is 6.19. The fourth-order valence-corrected chi connectivity index (χ4v) is 2.31. The van der Waals surface area contributed by atoms with E-state index in [0.717, 1.165) is 26.1 Å². The van der Waals surface area contributed by atoms with Crippen LogP contribution in [0.15, 0.2) is 18.3 Å². The first-order valence-corrected chi connectivity index (χ1v) is 6.19. The minimum absolute atomic E-state index is 0.131. The third-order valence-corrected chi connectivity index (χ3v) is 3.39. The van der Waals surface area contributed by atoms with Gasteiger partial charge in [-0.15, -0.1) is 0 Å². The molecule has 1 aromatic rings. The van der Waals surface area contributed by atoms with E-state index in [4.69, 9.17) is 0 Å². The van der Waals surface area contributed by atoms with Gasteiger partial charge < -0.3 is 10.2 Å². The molecule has 0 spiro atoms. The maximum absolute atomic E-state index is 13.4. The number of nitrogens with one attached hydrogen (secondary N) is 1. The molecule has 0 radical (unpaired) electrons. The van der Waals surface area contributed by atoms with Crippen molar-refractivity contribution in [1.29, 1.82) is 0 Å². The van der Waals surface area contributed by atoms with Gasteiger partial charge in [-0.3, -0.25) is 4.79 Å². The van der Waals surface area contributed by atoms with Gasteiger partial charge in [0, 0.05) is 19.3 Å². The molecule has 1 aliphatic rings.